The van der Waals surface area contributed by atoms with Crippen LogP contribution in [0, 0.1) is 0 Å². The van der Waals surface area contributed by atoms with Gasteiger partial charge in [0.2, 0.25) is 0 Å². The molecule has 0 spiro atoms. The van der Waals surface area contributed by atoms with Crippen LogP contribution >= 0.6 is 23.4 Å². The Morgan fingerprint density at radius 1 is 1.04 bits per heavy atom. The van der Waals surface area contributed by atoms with Crippen LogP contribution in [0.2, 0.25) is 5.02 Å². The summed E-state index contributed by atoms with van der Waals surface area (Å²) in [5.74, 6) is 0.443. The van der Waals surface area contributed by atoms with Crippen molar-refractivity contribution in [3.05, 3.63) is 76.2 Å². The lowest BCUT2D eigenvalue weighted by Gasteiger charge is -2.11. The number of halogens is 1. The number of hydrogen-bond donors (Lipinski definition) is 0. The summed E-state index contributed by atoms with van der Waals surface area (Å²) in [5, 5.41) is 0.227. The molecule has 4 nitrogen and oxygen atoms in total. The molecule has 3 rings (SSSR count). The fourth-order valence-corrected chi connectivity index (χ4v) is 3.18. The molecule has 1 heterocycles. The zero-order chi connectivity index (χ0) is 17.8. The highest BCUT2D eigenvalue weighted by molar-refractivity contribution is 8.18. The van der Waals surface area contributed by atoms with Gasteiger partial charge in [-0.3, -0.25) is 9.59 Å². The minimum atomic E-state index is -0.336. The molecule has 0 saturated carbocycles. The van der Waals surface area contributed by atoms with Gasteiger partial charge in [0.25, 0.3) is 11.1 Å². The molecule has 0 unspecified atom stereocenters. The first kappa shape index (κ1) is 17.3. The molecule has 0 bridgehead atoms. The maximum atomic E-state index is 12.5. The van der Waals surface area contributed by atoms with Crippen molar-refractivity contribution >= 4 is 46.3 Å². The highest BCUT2D eigenvalue weighted by Gasteiger charge is 2.35. The Balaban J connectivity index is 1.75. The Kier molecular flexibility index (Phi) is 5.26. The second-order valence-electron chi connectivity index (χ2n) is 5.15. The van der Waals surface area contributed by atoms with Crippen LogP contribution in [0.3, 0.4) is 0 Å². The summed E-state index contributed by atoms with van der Waals surface area (Å²) in [4.78, 5) is 26.1. The minimum absolute atomic E-state index is 0.323. The summed E-state index contributed by atoms with van der Waals surface area (Å²) < 4.78 is 5.11. The van der Waals surface area contributed by atoms with E-state index in [9.17, 15) is 9.59 Å². The maximum absolute atomic E-state index is 12.5. The zero-order valence-electron chi connectivity index (χ0n) is 13.3. The lowest BCUT2D eigenvalue weighted by atomic mass is 10.2. The third-order valence-corrected chi connectivity index (χ3v) is 4.67. The van der Waals surface area contributed by atoms with Gasteiger partial charge in [-0.1, -0.05) is 35.9 Å². The van der Waals surface area contributed by atoms with Gasteiger partial charge in [0.1, 0.15) is 5.75 Å². The summed E-state index contributed by atoms with van der Waals surface area (Å²) >= 11 is 6.76. The van der Waals surface area contributed by atoms with Gasteiger partial charge >= 0.3 is 0 Å². The number of rotatable bonds is 4. The van der Waals surface area contributed by atoms with Gasteiger partial charge < -0.3 is 4.74 Å². The normalized spacial score (nSPS) is 16.2. The Bertz CT molecular complexity index is 857. The van der Waals surface area contributed by atoms with Crippen LogP contribution in [0.1, 0.15) is 5.56 Å². The number of nitrogens with zero attached hydrogens (tertiary/aromatic N) is 1. The van der Waals surface area contributed by atoms with Crippen LogP contribution in [0.5, 0.6) is 5.75 Å². The monoisotopic (exact) mass is 371 g/mol. The number of thioether (sulfide) groups is 1. The number of carbonyl (C=O) groups is 2. The SMILES string of the molecule is COc1ccc(/C=C/C=C2/SC(=O)N(c3ccc(Cl)cc3)C2=O)cc1. The summed E-state index contributed by atoms with van der Waals surface area (Å²) in [5.41, 5.74) is 1.48. The van der Waals surface area contributed by atoms with Crippen LogP contribution in [0.25, 0.3) is 6.08 Å². The summed E-state index contributed by atoms with van der Waals surface area (Å²) in [6, 6.07) is 14.1. The number of hydrogen-bond acceptors (Lipinski definition) is 4. The van der Waals surface area contributed by atoms with Crippen LogP contribution < -0.4 is 9.64 Å². The molecular formula is C19H14ClNO3S. The summed E-state index contributed by atoms with van der Waals surface area (Å²) in [6.07, 6.45) is 5.25. The van der Waals surface area contributed by atoms with E-state index in [1.165, 1.54) is 0 Å². The van der Waals surface area contributed by atoms with Crippen LogP contribution in [-0.4, -0.2) is 18.3 Å². The minimum Gasteiger partial charge on any atom is -0.497 e. The second kappa shape index (κ2) is 7.59. The average molecular weight is 372 g/mol. The third-order valence-electron chi connectivity index (χ3n) is 3.53. The topological polar surface area (TPSA) is 46.6 Å². The molecule has 0 aromatic heterocycles. The second-order valence-corrected chi connectivity index (χ2v) is 6.58. The number of benzene rings is 2. The van der Waals surface area contributed by atoms with E-state index in [0.717, 1.165) is 28.0 Å². The van der Waals surface area contributed by atoms with Gasteiger partial charge in [0, 0.05) is 5.02 Å². The predicted molar refractivity (Wildman–Crippen MR) is 102 cm³/mol. The molecule has 1 saturated heterocycles. The Labute approximate surface area is 154 Å². The summed E-state index contributed by atoms with van der Waals surface area (Å²) in [7, 11) is 1.61. The molecule has 0 N–H and O–H groups in total. The fourth-order valence-electron chi connectivity index (χ4n) is 2.26. The Morgan fingerprint density at radius 2 is 1.72 bits per heavy atom. The number of imide groups is 1. The molecule has 1 fully saturated rings. The van der Waals surface area contributed by atoms with Gasteiger partial charge in [-0.05, 0) is 59.8 Å². The molecule has 0 aliphatic carbocycles. The zero-order valence-corrected chi connectivity index (χ0v) is 14.9. The van der Waals surface area contributed by atoms with Gasteiger partial charge in [0.15, 0.2) is 0 Å². The molecule has 6 heteroatoms. The lowest BCUT2D eigenvalue weighted by Crippen LogP contribution is -2.27. The van der Waals surface area contributed by atoms with Gasteiger partial charge in [-0.25, -0.2) is 4.90 Å². The van der Waals surface area contributed by atoms with E-state index in [1.54, 1.807) is 43.5 Å². The smallest absolute Gasteiger partial charge is 0.298 e. The standard InChI is InChI=1S/C19H14ClNO3S/c1-24-16-11-5-13(6-12-16)3-2-4-17-18(22)21(19(23)25-17)15-9-7-14(20)8-10-15/h2-12H,1H3/b3-2+,17-4+. The Hall–Kier alpha value is -2.50. The van der Waals surface area contributed by atoms with E-state index >= 15 is 0 Å². The van der Waals surface area contributed by atoms with E-state index in [2.05, 4.69) is 0 Å². The first-order valence-electron chi connectivity index (χ1n) is 7.43. The number of amides is 2. The van der Waals surface area contributed by atoms with E-state index in [-0.39, 0.29) is 11.1 Å². The predicted octanol–water partition coefficient (Wildman–Crippen LogP) is 5.15. The number of carbonyl (C=O) groups excluding carboxylic acids is 2. The molecule has 2 amide bonds. The first-order chi connectivity index (χ1) is 12.1. The summed E-state index contributed by atoms with van der Waals surface area (Å²) in [6.45, 7) is 0. The fraction of sp³-hybridized carbons (Fsp3) is 0.0526. The molecule has 126 valence electrons. The molecule has 0 radical (unpaired) electrons. The molecule has 0 atom stereocenters. The van der Waals surface area contributed by atoms with Gasteiger partial charge in [-0.2, -0.15) is 0 Å². The Morgan fingerprint density at radius 3 is 2.36 bits per heavy atom. The highest BCUT2D eigenvalue weighted by atomic mass is 35.5. The van der Waals surface area contributed by atoms with E-state index in [0.29, 0.717) is 15.6 Å². The van der Waals surface area contributed by atoms with E-state index < -0.39 is 0 Å². The van der Waals surface area contributed by atoms with E-state index in [4.69, 9.17) is 16.3 Å². The van der Waals surface area contributed by atoms with Crippen molar-refractivity contribution in [3.8, 4) is 5.75 Å². The largest absolute Gasteiger partial charge is 0.497 e. The van der Waals surface area contributed by atoms with Crippen molar-refractivity contribution in [1.29, 1.82) is 0 Å². The number of methoxy groups -OCH3 is 1. The quantitative estimate of drug-likeness (QED) is 0.697. The van der Waals surface area contributed by atoms with Crippen molar-refractivity contribution < 1.29 is 14.3 Å². The van der Waals surface area contributed by atoms with Crippen molar-refractivity contribution in [2.24, 2.45) is 0 Å². The molecule has 25 heavy (non-hydrogen) atoms. The number of ether oxygens (including phenoxy) is 1. The van der Waals surface area contributed by atoms with Crippen molar-refractivity contribution in [2.45, 2.75) is 0 Å². The molecular weight excluding hydrogens is 358 g/mol. The molecule has 1 aliphatic heterocycles. The van der Waals surface area contributed by atoms with Crippen LogP contribution in [-0.2, 0) is 4.79 Å². The van der Waals surface area contributed by atoms with Gasteiger partial charge in [-0.15, -0.1) is 0 Å². The van der Waals surface area contributed by atoms with Crippen molar-refractivity contribution in [3.63, 3.8) is 0 Å². The molecule has 2 aromatic carbocycles. The van der Waals surface area contributed by atoms with Crippen molar-refractivity contribution in [1.82, 2.24) is 0 Å². The molecule has 2 aromatic rings. The average Bonchev–Trinajstić information content (AvgIpc) is 2.90. The van der Waals surface area contributed by atoms with Crippen molar-refractivity contribution in [2.75, 3.05) is 12.0 Å². The van der Waals surface area contributed by atoms with Crippen LogP contribution in [0.4, 0.5) is 10.5 Å². The van der Waals surface area contributed by atoms with E-state index in [1.807, 2.05) is 30.3 Å². The maximum Gasteiger partial charge on any atom is 0.298 e. The number of anilines is 1. The third kappa shape index (κ3) is 3.95. The van der Waals surface area contributed by atoms with Gasteiger partial charge in [0.05, 0.1) is 17.7 Å². The number of allylic oxidation sites excluding steroid dienone is 2. The highest BCUT2D eigenvalue weighted by Crippen LogP contribution is 2.34. The molecule has 1 aliphatic rings. The first-order valence-corrected chi connectivity index (χ1v) is 8.62. The lowest BCUT2D eigenvalue weighted by molar-refractivity contribution is -0.113. The van der Waals surface area contributed by atoms with Crippen LogP contribution in [0.15, 0.2) is 65.6 Å².